The second kappa shape index (κ2) is 15.3. The second-order valence-corrected chi connectivity index (χ2v) is 15.9. The van der Waals surface area contributed by atoms with Crippen molar-refractivity contribution >= 4 is 48.2 Å². The summed E-state index contributed by atoms with van der Waals surface area (Å²) in [6, 6.07) is 17.5. The summed E-state index contributed by atoms with van der Waals surface area (Å²) in [5.41, 5.74) is 0.693. The zero-order chi connectivity index (χ0) is 37.1. The molecule has 1 fully saturated rings. The second-order valence-electron chi connectivity index (χ2n) is 13.6. The molecule has 0 radical (unpaired) electrons. The molecule has 5 rings (SSSR count). The predicted octanol–water partition coefficient (Wildman–Crippen LogP) is 5.55. The normalized spacial score (nSPS) is 19.6. The van der Waals surface area contributed by atoms with Gasteiger partial charge >= 0.3 is 19.7 Å². The van der Waals surface area contributed by atoms with Crippen LogP contribution in [0.1, 0.15) is 66.3 Å². The van der Waals surface area contributed by atoms with E-state index in [2.05, 4.69) is 5.32 Å². The summed E-state index contributed by atoms with van der Waals surface area (Å²) in [5, 5.41) is 4.09. The largest absolute Gasteiger partial charge is 0.467 e. The van der Waals surface area contributed by atoms with Crippen LogP contribution in [-0.4, -0.2) is 90.9 Å². The van der Waals surface area contributed by atoms with Crippen LogP contribution in [0.3, 0.4) is 0 Å². The third kappa shape index (κ3) is 7.85. The molecular weight excluding hydrogens is 677 g/mol. The number of hydrogen-bond acceptors (Lipinski definition) is 10. The first-order valence-corrected chi connectivity index (χ1v) is 18.4. The highest BCUT2D eigenvalue weighted by atomic mass is 31.2. The van der Waals surface area contributed by atoms with Gasteiger partial charge in [-0.1, -0.05) is 54.6 Å². The van der Waals surface area contributed by atoms with Crippen LogP contribution in [-0.2, 0) is 39.1 Å². The van der Waals surface area contributed by atoms with Gasteiger partial charge in [0, 0.05) is 37.3 Å². The van der Waals surface area contributed by atoms with E-state index in [1.54, 1.807) is 45.0 Å². The molecule has 1 saturated heterocycles. The fraction of sp³-hybridized carbons (Fsp3) is 0.432. The number of hydrogen-bond donors (Lipinski definition) is 1. The molecule has 2 aliphatic heterocycles. The van der Waals surface area contributed by atoms with Crippen LogP contribution in [0.4, 0.5) is 4.79 Å². The van der Waals surface area contributed by atoms with Gasteiger partial charge < -0.3 is 23.8 Å². The summed E-state index contributed by atoms with van der Waals surface area (Å²) in [6.45, 7) is 4.84. The van der Waals surface area contributed by atoms with E-state index in [9.17, 15) is 28.5 Å². The van der Waals surface area contributed by atoms with Crippen LogP contribution in [0.25, 0.3) is 10.8 Å². The molecular formula is C37H44N3O10P. The molecule has 2 aliphatic rings. The Morgan fingerprint density at radius 3 is 2.06 bits per heavy atom. The first-order valence-electron chi connectivity index (χ1n) is 16.8. The minimum Gasteiger partial charge on any atom is -0.467 e. The van der Waals surface area contributed by atoms with Gasteiger partial charge in [0.15, 0.2) is 0 Å². The lowest BCUT2D eigenvalue weighted by atomic mass is 9.93. The standard InChI is InChI=1S/C37H44N3O10P/c1-37(2,3)50-36(45)40-29(31(41)38-28(35(44)47-4)19-18-23-12-8-7-9-13-23)22-25(34(40)51(46,48-5)49-6)20-21-39-32(42)26-16-10-14-24-15-11-17-27(30(24)26)33(39)43/h7-17,25,28-29,34H,18-22H2,1-6H3,(H,38,41)/t25-,28+,29+,34-/m1/s1. The van der Waals surface area contributed by atoms with Crippen molar-refractivity contribution in [1.82, 2.24) is 15.1 Å². The third-order valence-corrected chi connectivity index (χ3v) is 11.6. The monoisotopic (exact) mass is 721 g/mol. The molecule has 4 atom stereocenters. The van der Waals surface area contributed by atoms with E-state index in [0.29, 0.717) is 22.9 Å². The lowest BCUT2D eigenvalue weighted by molar-refractivity contribution is -0.145. The molecule has 0 unspecified atom stereocenters. The van der Waals surface area contributed by atoms with Gasteiger partial charge in [-0.05, 0) is 75.5 Å². The summed E-state index contributed by atoms with van der Waals surface area (Å²) in [7, 11) is -0.608. The first kappa shape index (κ1) is 37.7. The average Bonchev–Trinajstić information content (AvgIpc) is 3.52. The van der Waals surface area contributed by atoms with E-state index >= 15 is 0 Å². The van der Waals surface area contributed by atoms with Crippen LogP contribution < -0.4 is 5.32 Å². The molecule has 14 heteroatoms. The Labute approximate surface area is 297 Å². The number of methoxy groups -OCH3 is 1. The summed E-state index contributed by atoms with van der Waals surface area (Å²) in [4.78, 5) is 70.5. The van der Waals surface area contributed by atoms with E-state index in [-0.39, 0.29) is 25.8 Å². The van der Waals surface area contributed by atoms with Gasteiger partial charge in [-0.3, -0.25) is 28.7 Å². The number of carbonyl (C=O) groups is 5. The topological polar surface area (TPSA) is 158 Å². The maximum absolute atomic E-state index is 14.3. The van der Waals surface area contributed by atoms with Gasteiger partial charge in [-0.25, -0.2) is 9.59 Å². The summed E-state index contributed by atoms with van der Waals surface area (Å²) in [5.74, 6) is -4.48. The molecule has 3 aromatic rings. The van der Waals surface area contributed by atoms with Gasteiger partial charge in [0.1, 0.15) is 23.5 Å². The highest BCUT2D eigenvalue weighted by Crippen LogP contribution is 2.60. The molecule has 3 aromatic carbocycles. The van der Waals surface area contributed by atoms with Crippen molar-refractivity contribution in [3.05, 3.63) is 83.4 Å². The molecule has 0 aromatic heterocycles. The van der Waals surface area contributed by atoms with Crippen LogP contribution >= 0.6 is 7.60 Å². The van der Waals surface area contributed by atoms with Crippen molar-refractivity contribution in [1.29, 1.82) is 0 Å². The maximum Gasteiger partial charge on any atom is 0.411 e. The number of rotatable bonds is 12. The van der Waals surface area contributed by atoms with Gasteiger partial charge in [0.05, 0.1) is 7.11 Å². The highest BCUT2D eigenvalue weighted by Gasteiger charge is 2.57. The first-order chi connectivity index (χ1) is 24.2. The Hall–Kier alpha value is -4.58. The zero-order valence-corrected chi connectivity index (χ0v) is 30.5. The van der Waals surface area contributed by atoms with Crippen LogP contribution in [0.5, 0.6) is 0 Å². The number of carbonyl (C=O) groups excluding carboxylic acids is 5. The van der Waals surface area contributed by atoms with Gasteiger partial charge in [-0.2, -0.15) is 0 Å². The number of nitrogens with zero attached hydrogens (tertiary/aromatic N) is 2. The van der Waals surface area contributed by atoms with Crippen LogP contribution in [0.2, 0.25) is 0 Å². The fourth-order valence-corrected chi connectivity index (χ4v) is 8.81. The third-order valence-electron chi connectivity index (χ3n) is 9.25. The molecule has 0 bridgehead atoms. The lowest BCUT2D eigenvalue weighted by Gasteiger charge is -2.36. The quantitative estimate of drug-likeness (QED) is 0.143. The average molecular weight is 722 g/mol. The predicted molar refractivity (Wildman–Crippen MR) is 188 cm³/mol. The number of aryl methyl sites for hydroxylation is 1. The molecule has 4 amide bonds. The minimum atomic E-state index is -4.17. The zero-order valence-electron chi connectivity index (χ0n) is 29.6. The van der Waals surface area contributed by atoms with Crippen molar-refractivity contribution in [2.75, 3.05) is 27.9 Å². The molecule has 0 spiro atoms. The Bertz CT molecular complexity index is 1800. The number of likely N-dealkylation sites (tertiary alicyclic amines) is 1. The SMILES string of the molecule is COC(=O)[C@H](CCc1ccccc1)NC(=O)[C@@H]1C[C@@H](CCN2C(=O)c3cccc4cccc(c34)C2=O)[C@@H](P(=O)(OC)OC)N1C(=O)OC(C)(C)C. The number of benzene rings is 3. The Morgan fingerprint density at radius 1 is 0.902 bits per heavy atom. The Morgan fingerprint density at radius 2 is 1.51 bits per heavy atom. The van der Waals surface area contributed by atoms with E-state index in [4.69, 9.17) is 18.5 Å². The Balaban J connectivity index is 1.46. The molecule has 0 saturated carbocycles. The van der Waals surface area contributed by atoms with E-state index < -0.39 is 66.8 Å². The van der Waals surface area contributed by atoms with Crippen LogP contribution in [0.15, 0.2) is 66.7 Å². The number of ether oxygens (including phenoxy) is 2. The molecule has 13 nitrogen and oxygen atoms in total. The highest BCUT2D eigenvalue weighted by molar-refractivity contribution is 7.54. The summed E-state index contributed by atoms with van der Waals surface area (Å²) < 4.78 is 35.8. The molecule has 2 heterocycles. The maximum atomic E-state index is 14.3. The van der Waals surface area contributed by atoms with E-state index in [1.165, 1.54) is 21.3 Å². The van der Waals surface area contributed by atoms with E-state index in [1.807, 2.05) is 42.5 Å². The van der Waals surface area contributed by atoms with Crippen molar-refractivity contribution in [2.45, 2.75) is 69.9 Å². The van der Waals surface area contributed by atoms with Crippen LogP contribution in [0, 0.1) is 5.92 Å². The Kier molecular flexibility index (Phi) is 11.3. The minimum absolute atomic E-state index is 0.0362. The van der Waals surface area contributed by atoms with Gasteiger partial charge in [0.25, 0.3) is 11.8 Å². The van der Waals surface area contributed by atoms with Crippen molar-refractivity contribution in [2.24, 2.45) is 5.92 Å². The number of esters is 1. The summed E-state index contributed by atoms with van der Waals surface area (Å²) >= 11 is 0. The summed E-state index contributed by atoms with van der Waals surface area (Å²) in [6.07, 6.45) is -0.329. The van der Waals surface area contributed by atoms with Crippen molar-refractivity contribution in [3.8, 4) is 0 Å². The van der Waals surface area contributed by atoms with Crippen molar-refractivity contribution < 1.29 is 47.1 Å². The van der Waals surface area contributed by atoms with Gasteiger partial charge in [-0.15, -0.1) is 0 Å². The molecule has 0 aliphatic carbocycles. The molecule has 51 heavy (non-hydrogen) atoms. The molecule has 272 valence electrons. The molecule has 1 N–H and O–H groups in total. The smallest absolute Gasteiger partial charge is 0.411 e. The number of amides is 4. The van der Waals surface area contributed by atoms with Gasteiger partial charge in [0.2, 0.25) is 5.91 Å². The number of imide groups is 1. The van der Waals surface area contributed by atoms with E-state index in [0.717, 1.165) is 20.7 Å². The number of nitrogens with one attached hydrogen (secondary N) is 1. The lowest BCUT2D eigenvalue weighted by Crippen LogP contribution is -2.54. The van der Waals surface area contributed by atoms with Crippen molar-refractivity contribution in [3.63, 3.8) is 0 Å². The fourth-order valence-electron chi connectivity index (χ4n) is 6.88.